The highest BCUT2D eigenvalue weighted by atomic mass is 32.2. The number of pyridine rings is 1. The number of rotatable bonds is 6. The van der Waals surface area contributed by atoms with Gasteiger partial charge in [-0.2, -0.15) is 0 Å². The van der Waals surface area contributed by atoms with E-state index in [4.69, 9.17) is 9.47 Å². The zero-order chi connectivity index (χ0) is 18.7. The molecule has 0 aliphatic carbocycles. The van der Waals surface area contributed by atoms with Crippen molar-refractivity contribution in [3.05, 3.63) is 41.6 Å². The van der Waals surface area contributed by atoms with Crippen LogP contribution in [0.5, 0.6) is 11.5 Å². The highest BCUT2D eigenvalue weighted by Gasteiger charge is 2.20. The van der Waals surface area contributed by atoms with E-state index in [0.717, 1.165) is 24.5 Å². The number of hydrogen-bond donors (Lipinski definition) is 1. The summed E-state index contributed by atoms with van der Waals surface area (Å²) < 4.78 is 36.5. The summed E-state index contributed by atoms with van der Waals surface area (Å²) in [5.74, 6) is 2.30. The number of methoxy groups -OCH3 is 2. The molecule has 1 aromatic carbocycles. The van der Waals surface area contributed by atoms with Crippen LogP contribution in [-0.4, -0.2) is 39.9 Å². The zero-order valence-electron chi connectivity index (χ0n) is 15.2. The molecule has 0 radical (unpaired) electrons. The third kappa shape index (κ3) is 3.85. The lowest BCUT2D eigenvalue weighted by atomic mass is 9.99. The smallest absolute Gasteiger partial charge is 0.232 e. The molecule has 7 nitrogen and oxygen atoms in total. The molecule has 0 saturated heterocycles. The summed E-state index contributed by atoms with van der Waals surface area (Å²) >= 11 is 0. The highest BCUT2D eigenvalue weighted by Crippen LogP contribution is 2.34. The van der Waals surface area contributed by atoms with Crippen molar-refractivity contribution in [1.82, 2.24) is 4.98 Å². The summed E-state index contributed by atoms with van der Waals surface area (Å²) in [6, 6.07) is 7.60. The van der Waals surface area contributed by atoms with Crippen molar-refractivity contribution >= 4 is 21.5 Å². The molecular formula is C18H23N3O4S. The second-order valence-electron chi connectivity index (χ2n) is 6.06. The minimum absolute atomic E-state index is 0.0307. The average molecular weight is 377 g/mol. The maximum atomic E-state index is 11.6. The highest BCUT2D eigenvalue weighted by molar-refractivity contribution is 7.92. The van der Waals surface area contributed by atoms with Crippen molar-refractivity contribution in [2.75, 3.05) is 36.1 Å². The van der Waals surface area contributed by atoms with Crippen molar-refractivity contribution in [3.63, 3.8) is 0 Å². The van der Waals surface area contributed by atoms with Gasteiger partial charge in [-0.15, -0.1) is 0 Å². The van der Waals surface area contributed by atoms with Crippen molar-refractivity contribution in [3.8, 4) is 11.5 Å². The van der Waals surface area contributed by atoms with E-state index < -0.39 is 10.0 Å². The monoisotopic (exact) mass is 377 g/mol. The molecule has 0 fully saturated rings. The van der Waals surface area contributed by atoms with Crippen LogP contribution in [-0.2, 0) is 23.0 Å². The van der Waals surface area contributed by atoms with E-state index in [-0.39, 0.29) is 5.75 Å². The van der Waals surface area contributed by atoms with E-state index in [1.165, 1.54) is 11.1 Å². The molecule has 1 aromatic heterocycles. The van der Waals surface area contributed by atoms with Gasteiger partial charge in [-0.3, -0.25) is 4.72 Å². The van der Waals surface area contributed by atoms with Gasteiger partial charge in [0.25, 0.3) is 0 Å². The van der Waals surface area contributed by atoms with Crippen LogP contribution in [0.3, 0.4) is 0 Å². The number of sulfonamides is 1. The maximum Gasteiger partial charge on any atom is 0.232 e. The molecule has 0 unspecified atom stereocenters. The first-order valence-electron chi connectivity index (χ1n) is 8.41. The Morgan fingerprint density at radius 2 is 1.85 bits per heavy atom. The van der Waals surface area contributed by atoms with E-state index in [1.807, 2.05) is 18.2 Å². The standard InChI is InChI=1S/C18H23N3O4S/c1-4-26(22,23)20-15-5-6-18(19-11-15)21-8-7-13-9-16(24-2)17(25-3)10-14(13)12-21/h5-6,9-11,20H,4,7-8,12H2,1-3H3. The Kier molecular flexibility index (Phi) is 5.22. The van der Waals surface area contributed by atoms with Crippen LogP contribution in [0, 0.1) is 0 Å². The van der Waals surface area contributed by atoms with Gasteiger partial charge in [0, 0.05) is 13.1 Å². The lowest BCUT2D eigenvalue weighted by Crippen LogP contribution is -2.31. The number of aromatic nitrogens is 1. The minimum atomic E-state index is -3.29. The Bertz CT molecular complexity index is 882. The Balaban J connectivity index is 1.78. The van der Waals surface area contributed by atoms with E-state index in [9.17, 15) is 8.42 Å². The van der Waals surface area contributed by atoms with Gasteiger partial charge in [-0.1, -0.05) is 0 Å². The zero-order valence-corrected chi connectivity index (χ0v) is 16.0. The Hall–Kier alpha value is -2.48. The summed E-state index contributed by atoms with van der Waals surface area (Å²) in [6.07, 6.45) is 2.42. The molecular weight excluding hydrogens is 354 g/mol. The molecule has 8 heteroatoms. The van der Waals surface area contributed by atoms with E-state index in [2.05, 4.69) is 14.6 Å². The van der Waals surface area contributed by atoms with E-state index in [0.29, 0.717) is 18.0 Å². The van der Waals surface area contributed by atoms with Crippen LogP contribution in [0.4, 0.5) is 11.5 Å². The number of nitrogens with zero attached hydrogens (tertiary/aromatic N) is 2. The molecule has 1 N–H and O–H groups in total. The van der Waals surface area contributed by atoms with Crippen LogP contribution >= 0.6 is 0 Å². The van der Waals surface area contributed by atoms with Crippen molar-refractivity contribution in [1.29, 1.82) is 0 Å². The average Bonchev–Trinajstić information content (AvgIpc) is 2.66. The fourth-order valence-electron chi connectivity index (χ4n) is 2.96. The molecule has 1 aliphatic rings. The van der Waals surface area contributed by atoms with Gasteiger partial charge in [0.1, 0.15) is 5.82 Å². The van der Waals surface area contributed by atoms with Crippen LogP contribution < -0.4 is 19.1 Å². The predicted octanol–water partition coefficient (Wildman–Crippen LogP) is 2.42. The van der Waals surface area contributed by atoms with Gasteiger partial charge in [0.2, 0.25) is 10.0 Å². The van der Waals surface area contributed by atoms with Crippen molar-refractivity contribution in [2.24, 2.45) is 0 Å². The van der Waals surface area contributed by atoms with Gasteiger partial charge in [-0.25, -0.2) is 13.4 Å². The van der Waals surface area contributed by atoms with Gasteiger partial charge >= 0.3 is 0 Å². The molecule has 0 saturated carbocycles. The number of hydrogen-bond acceptors (Lipinski definition) is 6. The SMILES string of the molecule is CCS(=O)(=O)Nc1ccc(N2CCc3cc(OC)c(OC)cc3C2)nc1. The van der Waals surface area contributed by atoms with Crippen LogP contribution in [0.2, 0.25) is 0 Å². The quantitative estimate of drug-likeness (QED) is 0.833. The number of ether oxygens (including phenoxy) is 2. The Labute approximate surface area is 154 Å². The second kappa shape index (κ2) is 7.41. The molecule has 0 amide bonds. The molecule has 2 heterocycles. The van der Waals surface area contributed by atoms with Crippen LogP contribution in [0.15, 0.2) is 30.5 Å². The van der Waals surface area contributed by atoms with Crippen LogP contribution in [0.1, 0.15) is 18.1 Å². The molecule has 3 rings (SSSR count). The summed E-state index contributed by atoms with van der Waals surface area (Å²) in [5, 5.41) is 0. The molecule has 0 bridgehead atoms. The number of anilines is 2. The van der Waals surface area contributed by atoms with Gasteiger partial charge in [0.15, 0.2) is 11.5 Å². The Morgan fingerprint density at radius 1 is 1.15 bits per heavy atom. The van der Waals surface area contributed by atoms with Crippen molar-refractivity contribution in [2.45, 2.75) is 19.9 Å². The summed E-state index contributed by atoms with van der Waals surface area (Å²) in [4.78, 5) is 6.57. The normalized spacial score (nSPS) is 13.9. The first kappa shape index (κ1) is 18.3. The summed E-state index contributed by atoms with van der Waals surface area (Å²) in [7, 11) is -0.0300. The van der Waals surface area contributed by atoms with Gasteiger partial charge in [0.05, 0.1) is 31.9 Å². The minimum Gasteiger partial charge on any atom is -0.493 e. The first-order valence-corrected chi connectivity index (χ1v) is 10.1. The molecule has 0 atom stereocenters. The van der Waals surface area contributed by atoms with Crippen LogP contribution in [0.25, 0.3) is 0 Å². The Morgan fingerprint density at radius 3 is 2.42 bits per heavy atom. The second-order valence-corrected chi connectivity index (χ2v) is 8.07. The fraction of sp³-hybridized carbons (Fsp3) is 0.389. The lowest BCUT2D eigenvalue weighted by Gasteiger charge is -2.30. The van der Waals surface area contributed by atoms with E-state index in [1.54, 1.807) is 33.4 Å². The maximum absolute atomic E-state index is 11.6. The number of nitrogens with one attached hydrogen (secondary N) is 1. The van der Waals surface area contributed by atoms with Crippen molar-refractivity contribution < 1.29 is 17.9 Å². The largest absolute Gasteiger partial charge is 0.493 e. The lowest BCUT2D eigenvalue weighted by molar-refractivity contribution is 0.353. The first-order chi connectivity index (χ1) is 12.5. The topological polar surface area (TPSA) is 80.8 Å². The molecule has 1 aliphatic heterocycles. The molecule has 26 heavy (non-hydrogen) atoms. The van der Waals surface area contributed by atoms with Gasteiger partial charge in [-0.05, 0) is 48.7 Å². The number of fused-ring (bicyclic) bond motifs is 1. The molecule has 0 spiro atoms. The predicted molar refractivity (Wildman–Crippen MR) is 102 cm³/mol. The summed E-state index contributed by atoms with van der Waals surface area (Å²) in [6.45, 7) is 3.14. The summed E-state index contributed by atoms with van der Waals surface area (Å²) in [5.41, 5.74) is 2.89. The third-order valence-electron chi connectivity index (χ3n) is 4.44. The third-order valence-corrected chi connectivity index (χ3v) is 5.75. The molecule has 140 valence electrons. The fourth-order valence-corrected chi connectivity index (χ4v) is 3.59. The van der Waals surface area contributed by atoms with Gasteiger partial charge < -0.3 is 14.4 Å². The molecule has 2 aromatic rings. The van der Waals surface area contributed by atoms with E-state index >= 15 is 0 Å². The number of benzene rings is 1.